The molecule has 3 N–H and O–H groups in total. The summed E-state index contributed by atoms with van der Waals surface area (Å²) < 4.78 is 7.34. The second-order valence-electron chi connectivity index (χ2n) is 6.38. The van der Waals surface area contributed by atoms with Gasteiger partial charge in [0.25, 0.3) is 0 Å². The molecular formula is C19H22N6O2S. The van der Waals surface area contributed by atoms with Crippen molar-refractivity contribution in [2.75, 3.05) is 49.7 Å². The van der Waals surface area contributed by atoms with E-state index < -0.39 is 0 Å². The lowest BCUT2D eigenvalue weighted by molar-refractivity contribution is 0.122. The van der Waals surface area contributed by atoms with Gasteiger partial charge in [0.05, 0.1) is 19.8 Å². The van der Waals surface area contributed by atoms with Crippen molar-refractivity contribution in [1.29, 1.82) is 0 Å². The molecule has 146 valence electrons. The van der Waals surface area contributed by atoms with Crippen LogP contribution in [0.3, 0.4) is 0 Å². The Morgan fingerprint density at radius 3 is 2.71 bits per heavy atom. The van der Waals surface area contributed by atoms with Crippen molar-refractivity contribution < 1.29 is 9.84 Å². The zero-order valence-electron chi connectivity index (χ0n) is 15.3. The van der Waals surface area contributed by atoms with E-state index in [-0.39, 0.29) is 6.61 Å². The van der Waals surface area contributed by atoms with E-state index in [2.05, 4.69) is 20.6 Å². The highest BCUT2D eigenvalue weighted by molar-refractivity contribution is 7.80. The molecule has 8 nitrogen and oxygen atoms in total. The van der Waals surface area contributed by atoms with Crippen LogP contribution in [0.25, 0.3) is 16.9 Å². The van der Waals surface area contributed by atoms with Crippen LogP contribution in [0.4, 0.5) is 11.5 Å². The topological polar surface area (TPSA) is 87.0 Å². The third-order valence-electron chi connectivity index (χ3n) is 4.48. The normalized spacial score (nSPS) is 14.2. The summed E-state index contributed by atoms with van der Waals surface area (Å²) in [6.45, 7) is 3.49. The van der Waals surface area contributed by atoms with Crippen LogP contribution in [0.15, 0.2) is 42.6 Å². The summed E-state index contributed by atoms with van der Waals surface area (Å²) in [5, 5.41) is 20.0. The van der Waals surface area contributed by atoms with Crippen LogP contribution in [0.1, 0.15) is 0 Å². The van der Waals surface area contributed by atoms with Gasteiger partial charge in [-0.25, -0.2) is 9.50 Å². The first-order valence-electron chi connectivity index (χ1n) is 9.19. The summed E-state index contributed by atoms with van der Waals surface area (Å²) in [7, 11) is 0. The highest BCUT2D eigenvalue weighted by Gasteiger charge is 2.18. The minimum absolute atomic E-state index is 0.0332. The number of nitrogens with one attached hydrogen (secondary N) is 2. The van der Waals surface area contributed by atoms with Gasteiger partial charge in [-0.2, -0.15) is 0 Å². The van der Waals surface area contributed by atoms with E-state index in [1.165, 1.54) is 0 Å². The number of ether oxygens (including phenoxy) is 1. The molecule has 1 aromatic carbocycles. The Hall–Kier alpha value is -2.75. The lowest BCUT2D eigenvalue weighted by Crippen LogP contribution is -2.37. The van der Waals surface area contributed by atoms with Gasteiger partial charge in [-0.3, -0.25) is 0 Å². The number of aromatic nitrogens is 3. The summed E-state index contributed by atoms with van der Waals surface area (Å²) in [6.07, 6.45) is 1.94. The van der Waals surface area contributed by atoms with Crippen molar-refractivity contribution in [3.8, 4) is 11.4 Å². The maximum Gasteiger partial charge on any atom is 0.182 e. The molecule has 1 aliphatic rings. The number of hydrogen-bond acceptors (Lipinski definition) is 6. The van der Waals surface area contributed by atoms with E-state index in [1.807, 2.05) is 47.1 Å². The molecule has 0 aliphatic carbocycles. The third kappa shape index (κ3) is 4.06. The zero-order valence-corrected chi connectivity index (χ0v) is 16.2. The molecule has 4 rings (SSSR count). The Balaban J connectivity index is 1.59. The molecule has 0 bridgehead atoms. The lowest BCUT2D eigenvalue weighted by atomic mass is 10.2. The van der Waals surface area contributed by atoms with E-state index in [1.54, 1.807) is 0 Å². The quantitative estimate of drug-likeness (QED) is 0.558. The number of nitrogens with zero attached hydrogens (tertiary/aromatic N) is 4. The van der Waals surface area contributed by atoms with Crippen molar-refractivity contribution in [2.45, 2.75) is 0 Å². The highest BCUT2D eigenvalue weighted by atomic mass is 32.1. The summed E-state index contributed by atoms with van der Waals surface area (Å²) in [4.78, 5) is 7.09. The average Bonchev–Trinajstić information content (AvgIpc) is 3.21. The first-order valence-corrected chi connectivity index (χ1v) is 9.59. The Morgan fingerprint density at radius 2 is 1.96 bits per heavy atom. The fourth-order valence-corrected chi connectivity index (χ4v) is 3.32. The number of thiocarbonyl (C=S) groups is 1. The van der Waals surface area contributed by atoms with Crippen molar-refractivity contribution >= 4 is 34.4 Å². The molecule has 0 radical (unpaired) electrons. The lowest BCUT2D eigenvalue weighted by Gasteiger charge is -2.28. The van der Waals surface area contributed by atoms with Gasteiger partial charge in [-0.05, 0) is 48.6 Å². The first kappa shape index (κ1) is 18.6. The number of aliphatic hydroxyl groups excluding tert-OH is 1. The number of hydrogen-bond donors (Lipinski definition) is 3. The van der Waals surface area contributed by atoms with Gasteiger partial charge in [0.15, 0.2) is 16.8 Å². The number of fused-ring (bicyclic) bond motifs is 1. The standard InChI is InChI=1S/C19H22N6O2S/c26-11-7-20-19(28)21-15-5-3-14(4-6-15)17-22-18(24-9-12-27-13-10-24)16-2-1-8-25(16)23-17/h1-6,8,26H,7,9-13H2,(H2,20,21,28). The third-order valence-corrected chi connectivity index (χ3v) is 4.73. The number of benzene rings is 1. The smallest absolute Gasteiger partial charge is 0.182 e. The molecule has 1 fully saturated rings. The zero-order chi connectivity index (χ0) is 19.3. The van der Waals surface area contributed by atoms with Crippen LogP contribution in [-0.2, 0) is 4.74 Å². The van der Waals surface area contributed by atoms with E-state index in [9.17, 15) is 0 Å². The summed E-state index contributed by atoms with van der Waals surface area (Å²) in [6, 6.07) is 11.8. The Kier molecular flexibility index (Phi) is 5.65. The van der Waals surface area contributed by atoms with Gasteiger partial charge in [-0.1, -0.05) is 0 Å². The largest absolute Gasteiger partial charge is 0.395 e. The molecule has 1 saturated heterocycles. The summed E-state index contributed by atoms with van der Waals surface area (Å²) in [5.41, 5.74) is 2.77. The maximum atomic E-state index is 8.84. The van der Waals surface area contributed by atoms with Crippen molar-refractivity contribution in [2.24, 2.45) is 0 Å². The Labute approximate surface area is 168 Å². The Morgan fingerprint density at radius 1 is 1.18 bits per heavy atom. The maximum absolute atomic E-state index is 8.84. The number of rotatable bonds is 5. The van der Waals surface area contributed by atoms with Crippen molar-refractivity contribution in [3.05, 3.63) is 42.6 Å². The molecule has 2 aromatic heterocycles. The highest BCUT2D eigenvalue weighted by Crippen LogP contribution is 2.25. The molecular weight excluding hydrogens is 376 g/mol. The molecule has 9 heteroatoms. The van der Waals surface area contributed by atoms with Crippen LogP contribution in [-0.4, -0.2) is 64.3 Å². The second kappa shape index (κ2) is 8.51. The van der Waals surface area contributed by atoms with Crippen molar-refractivity contribution in [3.63, 3.8) is 0 Å². The molecule has 0 saturated carbocycles. The summed E-state index contributed by atoms with van der Waals surface area (Å²) >= 11 is 5.18. The van der Waals surface area contributed by atoms with E-state index >= 15 is 0 Å². The number of anilines is 2. The first-order chi connectivity index (χ1) is 13.7. The van der Waals surface area contributed by atoms with Gasteiger partial charge in [-0.15, -0.1) is 5.10 Å². The van der Waals surface area contributed by atoms with Gasteiger partial charge < -0.3 is 25.4 Å². The minimum atomic E-state index is 0.0332. The van der Waals surface area contributed by atoms with Crippen LogP contribution in [0.5, 0.6) is 0 Å². The molecule has 28 heavy (non-hydrogen) atoms. The molecule has 3 aromatic rings. The van der Waals surface area contributed by atoms with Crippen LogP contribution in [0.2, 0.25) is 0 Å². The van der Waals surface area contributed by atoms with Crippen LogP contribution < -0.4 is 15.5 Å². The molecule has 3 heterocycles. The van der Waals surface area contributed by atoms with Gasteiger partial charge in [0.1, 0.15) is 5.52 Å². The number of morpholine rings is 1. The van der Waals surface area contributed by atoms with Crippen LogP contribution >= 0.6 is 12.2 Å². The number of aliphatic hydroxyl groups is 1. The molecule has 0 amide bonds. The van der Waals surface area contributed by atoms with Crippen molar-refractivity contribution in [1.82, 2.24) is 19.9 Å². The molecule has 1 aliphatic heterocycles. The fraction of sp³-hybridized carbons (Fsp3) is 0.316. The Bertz CT molecular complexity index is 953. The fourth-order valence-electron chi connectivity index (χ4n) is 3.10. The minimum Gasteiger partial charge on any atom is -0.395 e. The van der Waals surface area contributed by atoms with E-state index in [0.717, 1.165) is 35.7 Å². The van der Waals surface area contributed by atoms with Crippen LogP contribution in [0, 0.1) is 0 Å². The monoisotopic (exact) mass is 398 g/mol. The van der Waals surface area contributed by atoms with E-state index in [4.69, 9.17) is 27.0 Å². The average molecular weight is 398 g/mol. The molecule has 0 unspecified atom stereocenters. The van der Waals surface area contributed by atoms with E-state index in [0.29, 0.717) is 30.7 Å². The van der Waals surface area contributed by atoms with Gasteiger partial charge in [0.2, 0.25) is 0 Å². The van der Waals surface area contributed by atoms with Gasteiger partial charge >= 0.3 is 0 Å². The predicted molar refractivity (Wildman–Crippen MR) is 113 cm³/mol. The SMILES string of the molecule is OCCNC(=S)Nc1ccc(-c2nc(N3CCOCC3)c3cccn3n2)cc1. The predicted octanol–water partition coefficient (Wildman–Crippen LogP) is 1.51. The second-order valence-corrected chi connectivity index (χ2v) is 6.79. The molecule has 0 spiro atoms. The summed E-state index contributed by atoms with van der Waals surface area (Å²) in [5.74, 6) is 1.59. The van der Waals surface area contributed by atoms with Gasteiger partial charge in [0, 0.05) is 37.1 Å². The molecule has 0 atom stereocenters.